The number of halogens is 3. The molecule has 33 heavy (non-hydrogen) atoms. The standard InChI is InChI=1S/C23H27F3N2O5/c1-30-19-13-16(14-20(31-2)21(19)32-3)22(29)33-12-11-27-7-9-28(10-8-27)18-6-4-5-17(15-18)23(24,25)26/h4-6,13-15H,7-12H2,1-3H3. The van der Waals surface area contributed by atoms with Crippen LogP contribution < -0.4 is 19.1 Å². The van der Waals surface area contributed by atoms with Crippen LogP contribution in [0.15, 0.2) is 36.4 Å². The first-order valence-electron chi connectivity index (χ1n) is 10.4. The number of hydrogen-bond acceptors (Lipinski definition) is 7. The summed E-state index contributed by atoms with van der Waals surface area (Å²) in [6, 6.07) is 8.41. The van der Waals surface area contributed by atoms with E-state index in [-0.39, 0.29) is 12.2 Å². The number of anilines is 1. The van der Waals surface area contributed by atoms with Gasteiger partial charge in [-0.15, -0.1) is 0 Å². The van der Waals surface area contributed by atoms with Gasteiger partial charge in [-0.1, -0.05) is 6.07 Å². The fourth-order valence-electron chi connectivity index (χ4n) is 3.66. The molecule has 1 aliphatic heterocycles. The summed E-state index contributed by atoms with van der Waals surface area (Å²) in [6.45, 7) is 3.17. The molecule has 0 amide bonds. The van der Waals surface area contributed by atoms with E-state index in [1.165, 1.54) is 45.6 Å². The summed E-state index contributed by atoms with van der Waals surface area (Å²) in [4.78, 5) is 16.5. The number of piperazine rings is 1. The molecule has 2 aromatic carbocycles. The Balaban J connectivity index is 1.50. The first-order valence-corrected chi connectivity index (χ1v) is 10.4. The van der Waals surface area contributed by atoms with Gasteiger partial charge in [-0.2, -0.15) is 13.2 Å². The third-order valence-electron chi connectivity index (χ3n) is 5.45. The number of esters is 1. The molecule has 1 saturated heterocycles. The molecule has 7 nitrogen and oxygen atoms in total. The molecular weight excluding hydrogens is 441 g/mol. The van der Waals surface area contributed by atoms with E-state index in [9.17, 15) is 18.0 Å². The number of nitrogens with zero attached hydrogens (tertiary/aromatic N) is 2. The molecule has 0 spiro atoms. The lowest BCUT2D eigenvalue weighted by Crippen LogP contribution is -2.47. The number of carbonyl (C=O) groups excluding carboxylic acids is 1. The number of ether oxygens (including phenoxy) is 4. The van der Waals surface area contributed by atoms with Gasteiger partial charge in [0.25, 0.3) is 0 Å². The molecule has 2 aromatic rings. The molecule has 10 heteroatoms. The fraction of sp³-hybridized carbons (Fsp3) is 0.435. The number of hydrogen-bond donors (Lipinski definition) is 0. The first-order chi connectivity index (χ1) is 15.8. The Morgan fingerprint density at radius 1 is 0.939 bits per heavy atom. The molecule has 0 N–H and O–H groups in total. The minimum atomic E-state index is -4.36. The van der Waals surface area contributed by atoms with E-state index in [2.05, 4.69) is 4.90 Å². The Kier molecular flexibility index (Phi) is 7.91. The van der Waals surface area contributed by atoms with Crippen molar-refractivity contribution in [3.8, 4) is 17.2 Å². The van der Waals surface area contributed by atoms with E-state index in [1.807, 2.05) is 4.90 Å². The zero-order valence-corrected chi connectivity index (χ0v) is 18.8. The van der Waals surface area contributed by atoms with Crippen LogP contribution in [-0.2, 0) is 10.9 Å². The largest absolute Gasteiger partial charge is 0.493 e. The highest BCUT2D eigenvalue weighted by atomic mass is 19.4. The molecule has 0 aliphatic carbocycles. The van der Waals surface area contributed by atoms with Crippen LogP contribution in [0.3, 0.4) is 0 Å². The van der Waals surface area contributed by atoms with Crippen LogP contribution in [0.1, 0.15) is 15.9 Å². The van der Waals surface area contributed by atoms with Gasteiger partial charge in [0.1, 0.15) is 6.61 Å². The third kappa shape index (κ3) is 6.01. The van der Waals surface area contributed by atoms with Gasteiger partial charge in [0.2, 0.25) is 5.75 Å². The molecule has 180 valence electrons. The Morgan fingerprint density at radius 2 is 1.58 bits per heavy atom. The van der Waals surface area contributed by atoms with Crippen LogP contribution in [0.4, 0.5) is 18.9 Å². The molecule has 1 fully saturated rings. The van der Waals surface area contributed by atoms with Crippen molar-refractivity contribution in [2.24, 2.45) is 0 Å². The third-order valence-corrected chi connectivity index (χ3v) is 5.45. The number of methoxy groups -OCH3 is 3. The second-order valence-electron chi connectivity index (χ2n) is 7.43. The predicted molar refractivity (Wildman–Crippen MR) is 116 cm³/mol. The van der Waals surface area contributed by atoms with Gasteiger partial charge in [-0.05, 0) is 30.3 Å². The second-order valence-corrected chi connectivity index (χ2v) is 7.43. The minimum absolute atomic E-state index is 0.180. The van der Waals surface area contributed by atoms with Crippen LogP contribution >= 0.6 is 0 Å². The molecule has 0 radical (unpaired) electrons. The smallest absolute Gasteiger partial charge is 0.416 e. The van der Waals surface area contributed by atoms with E-state index >= 15 is 0 Å². The number of rotatable bonds is 8. The molecule has 0 saturated carbocycles. The number of alkyl halides is 3. The molecule has 3 rings (SSSR count). The maximum atomic E-state index is 13.0. The van der Waals surface area contributed by atoms with Crippen molar-refractivity contribution in [1.82, 2.24) is 4.90 Å². The summed E-state index contributed by atoms with van der Waals surface area (Å²) in [6.07, 6.45) is -4.36. The normalized spacial score (nSPS) is 14.7. The van der Waals surface area contributed by atoms with Crippen molar-refractivity contribution in [3.05, 3.63) is 47.5 Å². The van der Waals surface area contributed by atoms with Crippen LogP contribution in [0.2, 0.25) is 0 Å². The van der Waals surface area contributed by atoms with Gasteiger partial charge >= 0.3 is 12.1 Å². The lowest BCUT2D eigenvalue weighted by Gasteiger charge is -2.36. The quantitative estimate of drug-likeness (QED) is 0.548. The molecule has 1 aliphatic rings. The molecule has 0 bridgehead atoms. The van der Waals surface area contributed by atoms with E-state index in [0.717, 1.165) is 6.07 Å². The Labute approximate surface area is 190 Å². The highest BCUT2D eigenvalue weighted by Crippen LogP contribution is 2.38. The monoisotopic (exact) mass is 468 g/mol. The van der Waals surface area contributed by atoms with Crippen molar-refractivity contribution >= 4 is 11.7 Å². The summed E-state index contributed by atoms with van der Waals surface area (Å²) >= 11 is 0. The van der Waals surface area contributed by atoms with Gasteiger partial charge < -0.3 is 23.8 Å². The van der Waals surface area contributed by atoms with Crippen molar-refractivity contribution in [2.75, 3.05) is 65.6 Å². The summed E-state index contributed by atoms with van der Waals surface area (Å²) in [7, 11) is 4.40. The van der Waals surface area contributed by atoms with Crippen molar-refractivity contribution in [1.29, 1.82) is 0 Å². The van der Waals surface area contributed by atoms with Gasteiger partial charge in [-0.3, -0.25) is 4.90 Å². The average Bonchev–Trinajstić information content (AvgIpc) is 2.82. The van der Waals surface area contributed by atoms with E-state index in [4.69, 9.17) is 18.9 Å². The van der Waals surface area contributed by atoms with Gasteiger partial charge in [0, 0.05) is 38.4 Å². The lowest BCUT2D eigenvalue weighted by atomic mass is 10.1. The Bertz CT molecular complexity index is 934. The van der Waals surface area contributed by atoms with Gasteiger partial charge in [-0.25, -0.2) is 4.79 Å². The van der Waals surface area contributed by atoms with Crippen molar-refractivity contribution in [2.45, 2.75) is 6.18 Å². The molecule has 0 aromatic heterocycles. The molecular formula is C23H27F3N2O5. The topological polar surface area (TPSA) is 60.5 Å². The summed E-state index contributed by atoms with van der Waals surface area (Å²) in [5.41, 5.74) is 0.179. The zero-order chi connectivity index (χ0) is 24.0. The average molecular weight is 468 g/mol. The van der Waals surface area contributed by atoms with E-state index in [1.54, 1.807) is 6.07 Å². The van der Waals surface area contributed by atoms with Gasteiger partial charge in [0.05, 0.1) is 32.5 Å². The second kappa shape index (κ2) is 10.7. The van der Waals surface area contributed by atoms with Crippen LogP contribution in [0.5, 0.6) is 17.2 Å². The molecule has 0 unspecified atom stereocenters. The summed E-state index contributed by atoms with van der Waals surface area (Å²) in [5.74, 6) is 0.580. The van der Waals surface area contributed by atoms with Crippen LogP contribution in [0.25, 0.3) is 0 Å². The van der Waals surface area contributed by atoms with E-state index < -0.39 is 17.7 Å². The number of benzene rings is 2. The molecule has 1 heterocycles. The Hall–Kier alpha value is -3.14. The first kappa shape index (κ1) is 24.5. The molecule has 0 atom stereocenters. The zero-order valence-electron chi connectivity index (χ0n) is 18.8. The number of carbonyl (C=O) groups is 1. The summed E-state index contributed by atoms with van der Waals surface area (Å²) in [5, 5.41) is 0. The highest BCUT2D eigenvalue weighted by molar-refractivity contribution is 5.91. The predicted octanol–water partition coefficient (Wildman–Crippen LogP) is 3.71. The minimum Gasteiger partial charge on any atom is -0.493 e. The van der Waals surface area contributed by atoms with Gasteiger partial charge in [0.15, 0.2) is 11.5 Å². The van der Waals surface area contributed by atoms with Crippen molar-refractivity contribution in [3.63, 3.8) is 0 Å². The van der Waals surface area contributed by atoms with Crippen LogP contribution in [0, 0.1) is 0 Å². The highest BCUT2D eigenvalue weighted by Gasteiger charge is 2.31. The maximum absolute atomic E-state index is 13.0. The lowest BCUT2D eigenvalue weighted by molar-refractivity contribution is -0.137. The Morgan fingerprint density at radius 3 is 2.12 bits per heavy atom. The van der Waals surface area contributed by atoms with Crippen LogP contribution in [-0.4, -0.2) is 71.5 Å². The van der Waals surface area contributed by atoms with E-state index in [0.29, 0.717) is 55.7 Å². The summed E-state index contributed by atoms with van der Waals surface area (Å²) < 4.78 is 60.0. The maximum Gasteiger partial charge on any atom is 0.416 e. The fourth-order valence-corrected chi connectivity index (χ4v) is 3.66. The van der Waals surface area contributed by atoms with Crippen molar-refractivity contribution < 1.29 is 36.9 Å². The SMILES string of the molecule is COc1cc(C(=O)OCCN2CCN(c3cccc(C(F)(F)F)c3)CC2)cc(OC)c1OC.